The predicted octanol–water partition coefficient (Wildman–Crippen LogP) is 2.15. The first-order valence-corrected chi connectivity index (χ1v) is 8.27. The minimum atomic E-state index is -0.941. The van der Waals surface area contributed by atoms with Gasteiger partial charge in [-0.1, -0.05) is 30.3 Å². The van der Waals surface area contributed by atoms with Crippen molar-refractivity contribution < 1.29 is 19.4 Å². The molecule has 3 rings (SSSR count). The van der Waals surface area contributed by atoms with Gasteiger partial charge >= 0.3 is 5.97 Å². The molecule has 2 aromatic rings. The number of hydrogen-bond acceptors (Lipinski definition) is 4. The van der Waals surface area contributed by atoms with Crippen molar-refractivity contribution in [2.75, 3.05) is 19.7 Å². The lowest BCUT2D eigenvalue weighted by Crippen LogP contribution is -2.46. The number of carbonyl (C=O) groups is 2. The molecule has 1 unspecified atom stereocenters. The second-order valence-electron chi connectivity index (χ2n) is 5.47. The number of amides is 1. The highest BCUT2D eigenvalue weighted by atomic mass is 79.9. The summed E-state index contributed by atoms with van der Waals surface area (Å²) in [6.45, 7) is 0.985. The smallest absolute Gasteiger partial charge is 0.306 e. The number of halogens is 1. The maximum absolute atomic E-state index is 12.7. The summed E-state index contributed by atoms with van der Waals surface area (Å²) >= 11 is 3.44. The maximum atomic E-state index is 12.7. The van der Waals surface area contributed by atoms with Gasteiger partial charge in [-0.2, -0.15) is 5.10 Å². The lowest BCUT2D eigenvalue weighted by atomic mass is 10.1. The van der Waals surface area contributed by atoms with E-state index in [1.54, 1.807) is 4.90 Å². The largest absolute Gasteiger partial charge is 0.481 e. The monoisotopic (exact) mass is 393 g/mol. The van der Waals surface area contributed by atoms with Crippen LogP contribution in [0.25, 0.3) is 11.3 Å². The summed E-state index contributed by atoms with van der Waals surface area (Å²) in [5.41, 5.74) is 1.91. The standard InChI is InChI=1S/C16H16BrN3O4/c17-13-14(10-4-2-1-3-5-10)18-19-15(13)16(23)20-6-7-24-11(9-20)8-12(21)22/h1-5,11H,6-9H2,(H,18,19)(H,21,22). The van der Waals surface area contributed by atoms with Crippen LogP contribution in [0.4, 0.5) is 0 Å². The molecule has 1 aromatic heterocycles. The van der Waals surface area contributed by atoms with Gasteiger partial charge in [-0.15, -0.1) is 0 Å². The number of morpholine rings is 1. The molecule has 1 aliphatic rings. The van der Waals surface area contributed by atoms with Crippen LogP contribution in [-0.4, -0.2) is 57.9 Å². The van der Waals surface area contributed by atoms with Crippen LogP contribution in [0.2, 0.25) is 0 Å². The quantitative estimate of drug-likeness (QED) is 0.829. The van der Waals surface area contributed by atoms with Crippen molar-refractivity contribution in [2.45, 2.75) is 12.5 Å². The van der Waals surface area contributed by atoms with E-state index in [2.05, 4.69) is 26.1 Å². The molecular formula is C16H16BrN3O4. The number of nitrogens with one attached hydrogen (secondary N) is 1. The molecule has 1 atom stereocenters. The molecule has 1 amide bonds. The predicted molar refractivity (Wildman–Crippen MR) is 89.6 cm³/mol. The van der Waals surface area contributed by atoms with Crippen molar-refractivity contribution in [1.29, 1.82) is 0 Å². The van der Waals surface area contributed by atoms with Crippen LogP contribution in [0.1, 0.15) is 16.9 Å². The molecule has 2 heterocycles. The molecule has 0 aliphatic carbocycles. The van der Waals surface area contributed by atoms with Crippen LogP contribution in [0, 0.1) is 0 Å². The normalized spacial score (nSPS) is 17.7. The van der Waals surface area contributed by atoms with E-state index in [4.69, 9.17) is 9.84 Å². The van der Waals surface area contributed by atoms with Crippen molar-refractivity contribution in [2.24, 2.45) is 0 Å². The average molecular weight is 394 g/mol. The van der Waals surface area contributed by atoms with E-state index in [1.165, 1.54) is 0 Å². The number of carboxylic acids is 1. The fourth-order valence-corrected chi connectivity index (χ4v) is 3.21. The summed E-state index contributed by atoms with van der Waals surface area (Å²) in [6.07, 6.45) is -0.612. The van der Waals surface area contributed by atoms with Gasteiger partial charge in [-0.3, -0.25) is 14.7 Å². The van der Waals surface area contributed by atoms with Crippen LogP contribution in [0.15, 0.2) is 34.8 Å². The molecule has 8 heteroatoms. The molecule has 1 aromatic carbocycles. The number of H-pyrrole nitrogens is 1. The van der Waals surface area contributed by atoms with E-state index >= 15 is 0 Å². The Bertz CT molecular complexity index is 747. The van der Waals surface area contributed by atoms with E-state index in [0.717, 1.165) is 5.56 Å². The number of carboxylic acid groups (broad SMARTS) is 1. The van der Waals surface area contributed by atoms with Crippen molar-refractivity contribution in [1.82, 2.24) is 15.1 Å². The number of nitrogens with zero attached hydrogens (tertiary/aromatic N) is 2. The number of hydrogen-bond donors (Lipinski definition) is 2. The minimum absolute atomic E-state index is 0.122. The first-order chi connectivity index (χ1) is 11.6. The molecule has 0 bridgehead atoms. The van der Waals surface area contributed by atoms with Gasteiger partial charge < -0.3 is 14.7 Å². The number of carbonyl (C=O) groups excluding carboxylic acids is 1. The van der Waals surface area contributed by atoms with Gasteiger partial charge in [0.25, 0.3) is 5.91 Å². The Kier molecular flexibility index (Phi) is 4.96. The van der Waals surface area contributed by atoms with Crippen LogP contribution in [0.5, 0.6) is 0 Å². The highest BCUT2D eigenvalue weighted by Crippen LogP contribution is 2.29. The summed E-state index contributed by atoms with van der Waals surface area (Å²) in [7, 11) is 0. The van der Waals surface area contributed by atoms with Gasteiger partial charge in [0.2, 0.25) is 0 Å². The number of aromatic nitrogens is 2. The third-order valence-corrected chi connectivity index (χ3v) is 4.57. The average Bonchev–Trinajstić information content (AvgIpc) is 2.96. The summed E-state index contributed by atoms with van der Waals surface area (Å²) in [5, 5.41) is 15.9. The first-order valence-electron chi connectivity index (χ1n) is 7.48. The highest BCUT2D eigenvalue weighted by molar-refractivity contribution is 9.10. The van der Waals surface area contributed by atoms with Crippen LogP contribution in [-0.2, 0) is 9.53 Å². The van der Waals surface area contributed by atoms with Crippen molar-refractivity contribution in [3.8, 4) is 11.3 Å². The molecule has 2 N–H and O–H groups in total. The highest BCUT2D eigenvalue weighted by Gasteiger charge is 2.29. The van der Waals surface area contributed by atoms with Crippen LogP contribution >= 0.6 is 15.9 Å². The molecule has 0 saturated carbocycles. The SMILES string of the molecule is O=C(O)CC1CN(C(=O)c2[nH]nc(-c3ccccc3)c2Br)CCO1. The summed E-state index contributed by atoms with van der Waals surface area (Å²) in [6, 6.07) is 9.53. The number of aromatic amines is 1. The van der Waals surface area contributed by atoms with E-state index in [-0.39, 0.29) is 18.9 Å². The van der Waals surface area contributed by atoms with E-state index in [0.29, 0.717) is 29.0 Å². The van der Waals surface area contributed by atoms with E-state index in [1.807, 2.05) is 30.3 Å². The second kappa shape index (κ2) is 7.14. The number of aliphatic carboxylic acids is 1. The van der Waals surface area contributed by atoms with Crippen molar-refractivity contribution >= 4 is 27.8 Å². The van der Waals surface area contributed by atoms with Gasteiger partial charge in [0.05, 0.1) is 23.6 Å². The molecule has 126 valence electrons. The van der Waals surface area contributed by atoms with E-state index in [9.17, 15) is 9.59 Å². The van der Waals surface area contributed by atoms with Gasteiger partial charge in [-0.05, 0) is 15.9 Å². The lowest BCUT2D eigenvalue weighted by molar-refractivity contribution is -0.141. The van der Waals surface area contributed by atoms with E-state index < -0.39 is 12.1 Å². The molecule has 0 radical (unpaired) electrons. The fraction of sp³-hybridized carbons (Fsp3) is 0.312. The number of rotatable bonds is 4. The Hall–Kier alpha value is -2.19. The van der Waals surface area contributed by atoms with Gasteiger partial charge in [-0.25, -0.2) is 0 Å². The Labute approximate surface area is 146 Å². The molecule has 1 aliphatic heterocycles. The third-order valence-electron chi connectivity index (χ3n) is 3.80. The summed E-state index contributed by atoms with van der Waals surface area (Å²) in [4.78, 5) is 25.1. The van der Waals surface area contributed by atoms with Gasteiger partial charge in [0.15, 0.2) is 0 Å². The molecule has 0 spiro atoms. The van der Waals surface area contributed by atoms with Gasteiger partial charge in [0.1, 0.15) is 11.4 Å². The van der Waals surface area contributed by atoms with Crippen LogP contribution < -0.4 is 0 Å². The summed E-state index contributed by atoms with van der Waals surface area (Å²) < 4.78 is 5.99. The fourth-order valence-electron chi connectivity index (χ4n) is 2.64. The summed E-state index contributed by atoms with van der Waals surface area (Å²) in [5.74, 6) is -1.17. The zero-order chi connectivity index (χ0) is 17.1. The Morgan fingerprint density at radius 1 is 1.38 bits per heavy atom. The topological polar surface area (TPSA) is 95.5 Å². The number of ether oxygens (including phenoxy) is 1. The molecule has 1 saturated heterocycles. The number of benzene rings is 1. The molecular weight excluding hydrogens is 378 g/mol. The second-order valence-corrected chi connectivity index (χ2v) is 6.26. The molecule has 7 nitrogen and oxygen atoms in total. The Morgan fingerprint density at radius 3 is 2.83 bits per heavy atom. The van der Waals surface area contributed by atoms with Crippen LogP contribution in [0.3, 0.4) is 0 Å². The zero-order valence-corrected chi connectivity index (χ0v) is 14.3. The lowest BCUT2D eigenvalue weighted by Gasteiger charge is -2.32. The molecule has 1 fully saturated rings. The molecule has 24 heavy (non-hydrogen) atoms. The van der Waals surface area contributed by atoms with Crippen molar-refractivity contribution in [3.05, 3.63) is 40.5 Å². The minimum Gasteiger partial charge on any atom is -0.481 e. The maximum Gasteiger partial charge on any atom is 0.306 e. The third kappa shape index (κ3) is 3.49. The van der Waals surface area contributed by atoms with Crippen molar-refractivity contribution in [3.63, 3.8) is 0 Å². The zero-order valence-electron chi connectivity index (χ0n) is 12.7. The first kappa shape index (κ1) is 16.7. The van der Waals surface area contributed by atoms with Gasteiger partial charge in [0, 0.05) is 18.7 Å². The Balaban J connectivity index is 1.78. The Morgan fingerprint density at radius 2 is 2.12 bits per heavy atom.